The number of hydrogen-bond donors (Lipinski definition) is 1. The predicted molar refractivity (Wildman–Crippen MR) is 98.6 cm³/mol. The number of anilines is 1. The number of aromatic nitrogens is 2. The molecule has 0 saturated carbocycles. The number of morpholine rings is 1. The number of carboxylic acid groups (broad SMARTS) is 1. The third kappa shape index (κ3) is 4.54. The molecule has 2 heterocycles. The third-order valence-corrected chi connectivity index (χ3v) is 4.48. The Hall–Kier alpha value is -3.92. The van der Waals surface area contributed by atoms with Gasteiger partial charge in [-0.25, -0.2) is 9.48 Å². The van der Waals surface area contributed by atoms with E-state index >= 15 is 0 Å². The Morgan fingerprint density at radius 2 is 2.09 bits per heavy atom. The molecule has 1 amide bonds. The average molecular weight is 452 g/mol. The number of aliphatic carboxylic acids is 1. The molecule has 0 bridgehead atoms. The number of alkyl halides is 3. The lowest BCUT2D eigenvalue weighted by Gasteiger charge is -2.33. The number of carboxylic acids is 1. The van der Waals surface area contributed by atoms with Gasteiger partial charge in [-0.15, -0.1) is 5.10 Å². The summed E-state index contributed by atoms with van der Waals surface area (Å²) >= 11 is 0. The molecule has 10 nitrogen and oxygen atoms in total. The zero-order chi connectivity index (χ0) is 23.6. The van der Waals surface area contributed by atoms with Crippen LogP contribution in [0.1, 0.15) is 18.1 Å². The second kappa shape index (κ2) is 8.67. The molecular formula is C19H15F3N4O6. The Morgan fingerprint density at radius 3 is 2.69 bits per heavy atom. The van der Waals surface area contributed by atoms with Gasteiger partial charge in [-0.3, -0.25) is 14.5 Å². The number of nitriles is 1. The molecule has 32 heavy (non-hydrogen) atoms. The van der Waals surface area contributed by atoms with Gasteiger partial charge in [0.1, 0.15) is 0 Å². The van der Waals surface area contributed by atoms with Crippen LogP contribution in [0.3, 0.4) is 0 Å². The minimum absolute atomic E-state index is 0.0110. The summed E-state index contributed by atoms with van der Waals surface area (Å²) < 4.78 is 50.6. The summed E-state index contributed by atoms with van der Waals surface area (Å²) in [6.07, 6.45) is -6.96. The van der Waals surface area contributed by atoms with Crippen molar-refractivity contribution >= 4 is 23.7 Å². The van der Waals surface area contributed by atoms with Crippen molar-refractivity contribution < 1.29 is 42.1 Å². The molecule has 1 aromatic carbocycles. The number of rotatable bonds is 5. The first kappa shape index (κ1) is 22.8. The number of halogens is 3. The van der Waals surface area contributed by atoms with Gasteiger partial charge in [0, 0.05) is 19.2 Å². The first-order valence-electron chi connectivity index (χ1n) is 9.03. The number of carbonyl (C=O) groups excluding carboxylic acids is 2. The van der Waals surface area contributed by atoms with Crippen LogP contribution < -0.4 is 4.90 Å². The monoisotopic (exact) mass is 452 g/mol. The van der Waals surface area contributed by atoms with Crippen molar-refractivity contribution in [2.75, 3.05) is 18.1 Å². The third-order valence-electron chi connectivity index (χ3n) is 4.48. The normalized spacial score (nSPS) is 17.5. The number of nitrogens with zero attached hydrogens (tertiary/aromatic N) is 4. The van der Waals surface area contributed by atoms with Gasteiger partial charge < -0.3 is 14.6 Å². The van der Waals surface area contributed by atoms with Crippen molar-refractivity contribution in [2.24, 2.45) is 0 Å². The van der Waals surface area contributed by atoms with Crippen LogP contribution in [0.2, 0.25) is 0 Å². The van der Waals surface area contributed by atoms with Gasteiger partial charge in [-0.05, 0) is 18.2 Å². The quantitative estimate of drug-likeness (QED) is 0.675. The molecule has 1 aromatic heterocycles. The molecule has 0 unspecified atom stereocenters. The van der Waals surface area contributed by atoms with E-state index in [1.54, 1.807) is 0 Å². The molecule has 1 N–H and O–H groups in total. The molecular weight excluding hydrogens is 437 g/mol. The van der Waals surface area contributed by atoms with Gasteiger partial charge in [-0.1, -0.05) is 0 Å². The number of ether oxygens (including phenoxy) is 2. The highest BCUT2D eigenvalue weighted by Gasteiger charge is 2.43. The van der Waals surface area contributed by atoms with E-state index in [2.05, 4.69) is 9.84 Å². The first-order valence-corrected chi connectivity index (χ1v) is 9.03. The van der Waals surface area contributed by atoms with Crippen LogP contribution in [0.25, 0.3) is 5.69 Å². The molecule has 13 heteroatoms. The fourth-order valence-corrected chi connectivity index (χ4v) is 3.08. The fraction of sp³-hybridized carbons (Fsp3) is 0.316. The maximum absolute atomic E-state index is 13.2. The second-order valence-corrected chi connectivity index (χ2v) is 6.61. The summed E-state index contributed by atoms with van der Waals surface area (Å²) in [5.41, 5.74) is -1.70. The molecule has 3 rings (SSSR count). The smallest absolute Gasteiger partial charge is 0.417 e. The van der Waals surface area contributed by atoms with Gasteiger partial charge in [0.05, 0.1) is 36.0 Å². The SMILES string of the molecule is CC(=O)O[C@@H](C(=O)O)[C@H]1OCCN(c2ccn(-c3ccc(C#N)c(C(F)(F)F)c3)n2)C1=O. The first-order chi connectivity index (χ1) is 15.0. The van der Waals surface area contributed by atoms with Crippen molar-refractivity contribution in [1.29, 1.82) is 5.26 Å². The van der Waals surface area contributed by atoms with E-state index in [9.17, 15) is 32.7 Å². The molecule has 0 spiro atoms. The van der Waals surface area contributed by atoms with Crippen LogP contribution in [-0.4, -0.2) is 58.1 Å². The molecule has 2 aromatic rings. The van der Waals surface area contributed by atoms with Crippen LogP contribution in [-0.2, 0) is 30.0 Å². The minimum Gasteiger partial charge on any atom is -0.478 e. The number of hydrogen-bond acceptors (Lipinski definition) is 7. The lowest BCUT2D eigenvalue weighted by molar-refractivity contribution is -0.177. The number of benzene rings is 1. The number of amides is 1. The van der Waals surface area contributed by atoms with E-state index in [-0.39, 0.29) is 24.7 Å². The lowest BCUT2D eigenvalue weighted by Crippen LogP contribution is -2.55. The molecule has 1 aliphatic heterocycles. The van der Waals surface area contributed by atoms with Crippen LogP contribution in [0.4, 0.5) is 19.0 Å². The van der Waals surface area contributed by atoms with Crippen molar-refractivity contribution in [1.82, 2.24) is 9.78 Å². The maximum atomic E-state index is 13.2. The van der Waals surface area contributed by atoms with Crippen molar-refractivity contribution in [3.63, 3.8) is 0 Å². The second-order valence-electron chi connectivity index (χ2n) is 6.61. The molecule has 168 valence electrons. The predicted octanol–water partition coefficient (Wildman–Crippen LogP) is 1.51. The van der Waals surface area contributed by atoms with Gasteiger partial charge >= 0.3 is 18.1 Å². The lowest BCUT2D eigenvalue weighted by atomic mass is 10.1. The summed E-state index contributed by atoms with van der Waals surface area (Å²) in [7, 11) is 0. The molecule has 2 atom stereocenters. The maximum Gasteiger partial charge on any atom is 0.417 e. The molecule has 1 fully saturated rings. The zero-order valence-electron chi connectivity index (χ0n) is 16.4. The number of carbonyl (C=O) groups is 3. The summed E-state index contributed by atoms with van der Waals surface area (Å²) in [5, 5.41) is 22.3. The highest BCUT2D eigenvalue weighted by atomic mass is 19.4. The largest absolute Gasteiger partial charge is 0.478 e. The highest BCUT2D eigenvalue weighted by Crippen LogP contribution is 2.33. The summed E-state index contributed by atoms with van der Waals surface area (Å²) in [5.74, 6) is -3.32. The van der Waals surface area contributed by atoms with Crippen molar-refractivity contribution in [3.05, 3.63) is 41.6 Å². The fourth-order valence-electron chi connectivity index (χ4n) is 3.08. The van der Waals surface area contributed by atoms with Crippen LogP contribution in [0.5, 0.6) is 0 Å². The molecule has 1 saturated heterocycles. The topological polar surface area (TPSA) is 135 Å². The Morgan fingerprint density at radius 1 is 1.38 bits per heavy atom. The van der Waals surface area contributed by atoms with E-state index in [0.717, 1.165) is 28.6 Å². The van der Waals surface area contributed by atoms with E-state index in [1.165, 1.54) is 24.4 Å². The standard InChI is InChI=1S/C19H15F3N4O6/c1-10(27)32-16(18(29)30)15-17(28)25(6-7-31-15)14-4-5-26(24-14)12-3-2-11(9-23)13(8-12)19(20,21)22/h2-5,8,15-16H,6-7H2,1H3,(H,29,30)/t15-,16-/m1/s1. The Labute approximate surface area is 178 Å². The average Bonchev–Trinajstić information content (AvgIpc) is 3.21. The van der Waals surface area contributed by atoms with E-state index < -0.39 is 47.4 Å². The minimum atomic E-state index is -4.76. The molecule has 0 radical (unpaired) electrons. The van der Waals surface area contributed by atoms with Crippen LogP contribution >= 0.6 is 0 Å². The molecule has 1 aliphatic rings. The highest BCUT2D eigenvalue weighted by molar-refractivity contribution is 5.99. The Kier molecular flexibility index (Phi) is 6.17. The number of esters is 1. The summed E-state index contributed by atoms with van der Waals surface area (Å²) in [4.78, 5) is 36.5. The zero-order valence-corrected chi connectivity index (χ0v) is 16.4. The van der Waals surface area contributed by atoms with Crippen LogP contribution in [0.15, 0.2) is 30.5 Å². The van der Waals surface area contributed by atoms with E-state index in [4.69, 9.17) is 10.00 Å². The molecule has 0 aliphatic carbocycles. The van der Waals surface area contributed by atoms with E-state index in [1.807, 2.05) is 0 Å². The summed E-state index contributed by atoms with van der Waals surface area (Å²) in [6.45, 7) is 0.874. The van der Waals surface area contributed by atoms with E-state index in [0.29, 0.717) is 0 Å². The van der Waals surface area contributed by atoms with Crippen molar-refractivity contribution in [3.8, 4) is 11.8 Å². The van der Waals surface area contributed by atoms with Gasteiger partial charge in [-0.2, -0.15) is 18.4 Å². The Balaban J connectivity index is 1.90. The van der Waals surface area contributed by atoms with Crippen LogP contribution in [0, 0.1) is 11.3 Å². The summed E-state index contributed by atoms with van der Waals surface area (Å²) in [6, 6.07) is 5.84. The van der Waals surface area contributed by atoms with Gasteiger partial charge in [0.25, 0.3) is 5.91 Å². The van der Waals surface area contributed by atoms with Gasteiger partial charge in [0.2, 0.25) is 6.10 Å². The van der Waals surface area contributed by atoms with Gasteiger partial charge in [0.15, 0.2) is 11.9 Å². The Bertz CT molecular complexity index is 1110. The van der Waals surface area contributed by atoms with Crippen molar-refractivity contribution in [2.45, 2.75) is 25.3 Å².